The van der Waals surface area contributed by atoms with Crippen molar-refractivity contribution in [2.75, 3.05) is 20.0 Å². The molecule has 3 aromatic rings. The number of nitrogens with zero attached hydrogens (tertiary/aromatic N) is 2. The number of esters is 1. The first kappa shape index (κ1) is 23.8. The third-order valence-corrected chi connectivity index (χ3v) is 7.18. The quantitative estimate of drug-likeness (QED) is 0.416. The zero-order valence-electron chi connectivity index (χ0n) is 19.2. The molecule has 0 bridgehead atoms. The van der Waals surface area contributed by atoms with Gasteiger partial charge in [-0.15, -0.1) is 11.8 Å². The Balaban J connectivity index is 1.93. The van der Waals surface area contributed by atoms with Crippen LogP contribution in [0.1, 0.15) is 31.0 Å². The second kappa shape index (κ2) is 9.90. The Labute approximate surface area is 204 Å². The summed E-state index contributed by atoms with van der Waals surface area (Å²) in [5, 5.41) is 9.87. The lowest BCUT2D eigenvalue weighted by Gasteiger charge is -2.24. The number of rotatable bonds is 6. The van der Waals surface area contributed by atoms with E-state index in [0.29, 0.717) is 31.9 Å². The second-order valence-corrected chi connectivity index (χ2v) is 9.40. The molecule has 9 heteroatoms. The highest BCUT2D eigenvalue weighted by Gasteiger charge is 2.33. The van der Waals surface area contributed by atoms with Crippen molar-refractivity contribution < 1.29 is 19.4 Å². The lowest BCUT2D eigenvalue weighted by molar-refractivity contribution is -0.139. The number of aromatic nitrogens is 1. The van der Waals surface area contributed by atoms with Gasteiger partial charge >= 0.3 is 5.97 Å². The van der Waals surface area contributed by atoms with Gasteiger partial charge in [0, 0.05) is 4.90 Å². The number of allylic oxidation sites excluding steroid dienone is 1. The van der Waals surface area contributed by atoms with E-state index < -0.39 is 12.0 Å². The molecule has 0 amide bonds. The zero-order valence-corrected chi connectivity index (χ0v) is 20.8. The zero-order chi connectivity index (χ0) is 24.4. The summed E-state index contributed by atoms with van der Waals surface area (Å²) in [5.74, 6) is -0.154. The van der Waals surface area contributed by atoms with Gasteiger partial charge in [0.15, 0.2) is 16.3 Å². The van der Waals surface area contributed by atoms with Gasteiger partial charge in [-0.1, -0.05) is 29.5 Å². The highest BCUT2D eigenvalue weighted by atomic mass is 32.2. The van der Waals surface area contributed by atoms with Crippen molar-refractivity contribution >= 4 is 35.1 Å². The molecule has 0 fully saturated rings. The average Bonchev–Trinajstić information content (AvgIpc) is 3.13. The van der Waals surface area contributed by atoms with Gasteiger partial charge in [0.25, 0.3) is 5.56 Å². The van der Waals surface area contributed by atoms with E-state index in [-0.39, 0.29) is 17.9 Å². The smallest absolute Gasteiger partial charge is 0.338 e. The maximum atomic E-state index is 13.6. The van der Waals surface area contributed by atoms with Crippen LogP contribution in [0.3, 0.4) is 0 Å². The first-order valence-corrected chi connectivity index (χ1v) is 12.6. The van der Waals surface area contributed by atoms with Crippen LogP contribution >= 0.6 is 23.1 Å². The van der Waals surface area contributed by atoms with Crippen molar-refractivity contribution in [3.8, 4) is 11.5 Å². The number of fused-ring (bicyclic) bond motifs is 1. The van der Waals surface area contributed by atoms with E-state index in [1.807, 2.05) is 30.5 Å². The van der Waals surface area contributed by atoms with Crippen LogP contribution in [-0.2, 0) is 9.53 Å². The normalized spacial score (nSPS) is 15.6. The summed E-state index contributed by atoms with van der Waals surface area (Å²) in [6.45, 7) is 3.73. The molecule has 0 saturated heterocycles. The van der Waals surface area contributed by atoms with Crippen molar-refractivity contribution in [1.82, 2.24) is 4.57 Å². The highest BCUT2D eigenvalue weighted by molar-refractivity contribution is 7.98. The number of carbonyl (C=O) groups excluding carboxylic acids is 1. The first-order valence-electron chi connectivity index (χ1n) is 10.6. The predicted molar refractivity (Wildman–Crippen MR) is 133 cm³/mol. The number of hydrogen-bond acceptors (Lipinski definition) is 8. The maximum absolute atomic E-state index is 13.6. The average molecular weight is 497 g/mol. The summed E-state index contributed by atoms with van der Waals surface area (Å²) < 4.78 is 12.5. The fraction of sp³-hybridized carbons (Fsp3) is 0.240. The van der Waals surface area contributed by atoms with Gasteiger partial charge in [-0.2, -0.15) is 0 Å². The molecule has 1 N–H and O–H groups in total. The molecule has 0 spiro atoms. The Kier molecular flexibility index (Phi) is 6.95. The van der Waals surface area contributed by atoms with Crippen molar-refractivity contribution in [2.45, 2.75) is 24.8 Å². The number of thiazole rings is 1. The van der Waals surface area contributed by atoms with Crippen LogP contribution in [0, 0.1) is 0 Å². The van der Waals surface area contributed by atoms with E-state index in [0.717, 1.165) is 10.5 Å². The molecule has 1 atom stereocenters. The fourth-order valence-corrected chi connectivity index (χ4v) is 5.28. The summed E-state index contributed by atoms with van der Waals surface area (Å²) in [7, 11) is 1.47. The van der Waals surface area contributed by atoms with Gasteiger partial charge in [0.2, 0.25) is 0 Å². The monoisotopic (exact) mass is 496 g/mol. The van der Waals surface area contributed by atoms with Gasteiger partial charge in [0.05, 0.1) is 35.6 Å². The summed E-state index contributed by atoms with van der Waals surface area (Å²) in [6.07, 6.45) is 3.72. The Hall–Kier alpha value is -3.30. The molecular weight excluding hydrogens is 472 g/mol. The lowest BCUT2D eigenvalue weighted by Crippen LogP contribution is -2.39. The van der Waals surface area contributed by atoms with Crippen LogP contribution in [0.5, 0.6) is 11.5 Å². The molecular formula is C25H24N2O5S2. The Morgan fingerprint density at radius 3 is 2.65 bits per heavy atom. The number of phenols is 1. The number of ether oxygens (including phenoxy) is 2. The van der Waals surface area contributed by atoms with Gasteiger partial charge in [-0.3, -0.25) is 9.36 Å². The van der Waals surface area contributed by atoms with Crippen molar-refractivity contribution in [1.29, 1.82) is 0 Å². The van der Waals surface area contributed by atoms with E-state index in [2.05, 4.69) is 4.99 Å². The Morgan fingerprint density at radius 1 is 1.26 bits per heavy atom. The SMILES string of the molecule is CCOC(=O)C1=C(C)N=c2s/c(=C\c3ccc(O)c(OC)c3)c(=O)n2[C@H]1c1ccc(SC)cc1. The third-order valence-electron chi connectivity index (χ3n) is 5.45. The summed E-state index contributed by atoms with van der Waals surface area (Å²) in [5.41, 5.74) is 2.11. The number of thioether (sulfide) groups is 1. The summed E-state index contributed by atoms with van der Waals surface area (Å²) in [4.78, 5) is 32.7. The molecule has 176 valence electrons. The van der Waals surface area contributed by atoms with Gasteiger partial charge in [-0.25, -0.2) is 9.79 Å². The number of hydrogen-bond donors (Lipinski definition) is 1. The predicted octanol–water partition coefficient (Wildman–Crippen LogP) is 3.23. The minimum atomic E-state index is -0.650. The van der Waals surface area contributed by atoms with Crippen molar-refractivity contribution in [3.05, 3.63) is 84.5 Å². The minimum Gasteiger partial charge on any atom is -0.504 e. The molecule has 2 heterocycles. The van der Waals surface area contributed by atoms with Crippen LogP contribution in [0.2, 0.25) is 0 Å². The molecule has 1 aromatic heterocycles. The molecule has 0 saturated carbocycles. The van der Waals surface area contributed by atoms with E-state index >= 15 is 0 Å². The standard InChI is InChI=1S/C25H24N2O5S2/c1-5-32-24(30)21-14(2)26-25-27(22(21)16-7-9-17(33-4)10-8-16)23(29)20(34-25)13-15-6-11-18(28)19(12-15)31-3/h6-13,22,28H,5H2,1-4H3/b20-13-/t22-/m0/s1. The Bertz CT molecular complexity index is 1450. The minimum absolute atomic E-state index is 0.0181. The van der Waals surface area contributed by atoms with Crippen molar-refractivity contribution in [2.24, 2.45) is 4.99 Å². The molecule has 0 aliphatic carbocycles. The van der Waals surface area contributed by atoms with Crippen LogP contribution in [0.4, 0.5) is 0 Å². The van der Waals surface area contributed by atoms with Gasteiger partial charge < -0.3 is 14.6 Å². The number of aromatic hydroxyl groups is 1. The fourth-order valence-electron chi connectivity index (χ4n) is 3.83. The van der Waals surface area contributed by atoms with E-state index in [1.165, 1.54) is 24.5 Å². The molecule has 0 unspecified atom stereocenters. The van der Waals surface area contributed by atoms with Crippen LogP contribution < -0.4 is 19.6 Å². The second-order valence-electron chi connectivity index (χ2n) is 7.51. The molecule has 7 nitrogen and oxygen atoms in total. The number of methoxy groups -OCH3 is 1. The van der Waals surface area contributed by atoms with E-state index in [1.54, 1.807) is 48.4 Å². The van der Waals surface area contributed by atoms with E-state index in [9.17, 15) is 14.7 Å². The summed E-state index contributed by atoms with van der Waals surface area (Å²) >= 11 is 2.86. The van der Waals surface area contributed by atoms with Gasteiger partial charge in [-0.05, 0) is 61.6 Å². The molecule has 0 radical (unpaired) electrons. The van der Waals surface area contributed by atoms with E-state index in [4.69, 9.17) is 9.47 Å². The molecule has 4 rings (SSSR count). The Morgan fingerprint density at radius 2 is 2.00 bits per heavy atom. The molecule has 1 aliphatic heterocycles. The number of phenolic OH excluding ortho intramolecular Hbond substituents is 1. The number of benzene rings is 2. The summed E-state index contributed by atoms with van der Waals surface area (Å²) in [6, 6.07) is 12.0. The van der Waals surface area contributed by atoms with Crippen LogP contribution in [-0.4, -0.2) is 35.6 Å². The van der Waals surface area contributed by atoms with Gasteiger partial charge in [0.1, 0.15) is 0 Å². The first-order chi connectivity index (χ1) is 16.4. The molecule has 34 heavy (non-hydrogen) atoms. The largest absolute Gasteiger partial charge is 0.504 e. The van der Waals surface area contributed by atoms with Crippen molar-refractivity contribution in [3.63, 3.8) is 0 Å². The van der Waals surface area contributed by atoms with Crippen LogP contribution in [0.15, 0.2) is 68.4 Å². The molecule has 1 aliphatic rings. The number of carbonyl (C=O) groups is 1. The maximum Gasteiger partial charge on any atom is 0.338 e. The highest BCUT2D eigenvalue weighted by Crippen LogP contribution is 2.32. The topological polar surface area (TPSA) is 90.1 Å². The molecule has 2 aromatic carbocycles. The lowest BCUT2D eigenvalue weighted by atomic mass is 9.96. The third kappa shape index (κ3) is 4.41. The van der Waals surface area contributed by atoms with Crippen LogP contribution in [0.25, 0.3) is 6.08 Å².